The molecule has 168 valence electrons. The first kappa shape index (κ1) is 21.7. The molecule has 0 saturated carbocycles. The monoisotopic (exact) mass is 435 g/mol. The fourth-order valence-electron chi connectivity index (χ4n) is 3.99. The summed E-state index contributed by atoms with van der Waals surface area (Å²) in [5, 5.41) is 3.67. The van der Waals surface area contributed by atoms with Crippen LogP contribution in [-0.4, -0.2) is 50.0 Å². The number of amides is 2. The molecule has 32 heavy (non-hydrogen) atoms. The Balaban J connectivity index is 1.51. The number of hydrogen-bond donors (Lipinski definition) is 1. The van der Waals surface area contributed by atoms with E-state index in [0.717, 1.165) is 16.8 Å². The molecule has 2 heterocycles. The minimum absolute atomic E-state index is 0.120. The van der Waals surface area contributed by atoms with E-state index in [9.17, 15) is 9.59 Å². The quantitative estimate of drug-likeness (QED) is 0.622. The van der Waals surface area contributed by atoms with Crippen molar-refractivity contribution >= 4 is 34.2 Å². The number of nitrogens with zero attached hydrogens (tertiary/aromatic N) is 2. The third-order valence-electron chi connectivity index (χ3n) is 5.65. The van der Waals surface area contributed by atoms with Crippen LogP contribution in [0.15, 0.2) is 52.9 Å². The van der Waals surface area contributed by atoms with Crippen molar-refractivity contribution in [3.63, 3.8) is 0 Å². The molecule has 4 rings (SSSR count). The van der Waals surface area contributed by atoms with Crippen LogP contribution < -0.4 is 15.0 Å². The largest absolute Gasteiger partial charge is 0.497 e. The number of furan rings is 1. The molecule has 0 aliphatic carbocycles. The molecular formula is C25H29N3O4. The van der Waals surface area contributed by atoms with Gasteiger partial charge >= 0.3 is 0 Å². The van der Waals surface area contributed by atoms with E-state index in [-0.39, 0.29) is 23.5 Å². The van der Waals surface area contributed by atoms with Crippen molar-refractivity contribution in [2.75, 3.05) is 43.5 Å². The topological polar surface area (TPSA) is 75.0 Å². The van der Waals surface area contributed by atoms with Crippen molar-refractivity contribution in [2.24, 2.45) is 5.92 Å². The number of para-hydroxylation sites is 1. The third kappa shape index (κ3) is 4.56. The molecule has 1 aliphatic rings. The van der Waals surface area contributed by atoms with Gasteiger partial charge < -0.3 is 24.3 Å². The number of rotatable bonds is 6. The lowest BCUT2D eigenvalue weighted by Crippen LogP contribution is -2.48. The maximum atomic E-state index is 13.4. The van der Waals surface area contributed by atoms with Crippen LogP contribution in [0.2, 0.25) is 0 Å². The summed E-state index contributed by atoms with van der Waals surface area (Å²) in [6, 6.07) is 15.3. The number of fused-ring (bicyclic) bond motifs is 1. The molecule has 2 amide bonds. The molecule has 0 spiro atoms. The van der Waals surface area contributed by atoms with Gasteiger partial charge in [-0.3, -0.25) is 9.59 Å². The Hall–Kier alpha value is -3.48. The van der Waals surface area contributed by atoms with Crippen LogP contribution >= 0.6 is 0 Å². The van der Waals surface area contributed by atoms with Gasteiger partial charge in [-0.2, -0.15) is 0 Å². The number of benzene rings is 2. The Kier molecular flexibility index (Phi) is 6.35. The highest BCUT2D eigenvalue weighted by atomic mass is 16.5. The number of carbonyl (C=O) groups excluding carboxylic acids is 2. The van der Waals surface area contributed by atoms with Crippen LogP contribution in [0.1, 0.15) is 30.8 Å². The predicted octanol–water partition coefficient (Wildman–Crippen LogP) is 4.39. The predicted molar refractivity (Wildman–Crippen MR) is 125 cm³/mol. The SMILES string of the molecule is COc1ccc(N2CCN(C(=O)c3oc4ccccc4c3NC(=O)CC(C)C)CC2)cc1. The van der Waals surface area contributed by atoms with E-state index in [4.69, 9.17) is 9.15 Å². The van der Waals surface area contributed by atoms with Crippen LogP contribution in [0.25, 0.3) is 11.0 Å². The number of anilines is 2. The van der Waals surface area contributed by atoms with Crippen molar-refractivity contribution < 1.29 is 18.7 Å². The third-order valence-corrected chi connectivity index (χ3v) is 5.65. The fourth-order valence-corrected chi connectivity index (χ4v) is 3.99. The number of hydrogen-bond acceptors (Lipinski definition) is 5. The second kappa shape index (κ2) is 9.34. The highest BCUT2D eigenvalue weighted by Crippen LogP contribution is 2.32. The summed E-state index contributed by atoms with van der Waals surface area (Å²) in [5.74, 6) is 0.916. The van der Waals surface area contributed by atoms with E-state index in [1.54, 1.807) is 12.0 Å². The molecule has 1 saturated heterocycles. The number of methoxy groups -OCH3 is 1. The summed E-state index contributed by atoms with van der Waals surface area (Å²) >= 11 is 0. The van der Waals surface area contributed by atoms with Crippen molar-refractivity contribution in [2.45, 2.75) is 20.3 Å². The van der Waals surface area contributed by atoms with Gasteiger partial charge in [-0.1, -0.05) is 26.0 Å². The molecule has 0 radical (unpaired) electrons. The van der Waals surface area contributed by atoms with Gasteiger partial charge in [0.2, 0.25) is 11.7 Å². The summed E-state index contributed by atoms with van der Waals surface area (Å²) in [6.07, 6.45) is 0.383. The van der Waals surface area contributed by atoms with Gasteiger partial charge in [0.1, 0.15) is 17.0 Å². The van der Waals surface area contributed by atoms with Crippen LogP contribution in [0.5, 0.6) is 5.75 Å². The molecule has 1 N–H and O–H groups in total. The Morgan fingerprint density at radius 2 is 1.72 bits per heavy atom. The molecule has 0 bridgehead atoms. The van der Waals surface area contributed by atoms with Gasteiger partial charge in [-0.25, -0.2) is 0 Å². The van der Waals surface area contributed by atoms with E-state index < -0.39 is 0 Å². The van der Waals surface area contributed by atoms with Gasteiger partial charge in [0.25, 0.3) is 5.91 Å². The van der Waals surface area contributed by atoms with Gasteiger partial charge in [0.05, 0.1) is 7.11 Å². The summed E-state index contributed by atoms with van der Waals surface area (Å²) in [5.41, 5.74) is 2.16. The molecule has 7 nitrogen and oxygen atoms in total. The highest BCUT2D eigenvalue weighted by molar-refractivity contribution is 6.10. The van der Waals surface area contributed by atoms with Crippen molar-refractivity contribution in [1.82, 2.24) is 4.90 Å². The Morgan fingerprint density at radius 3 is 2.38 bits per heavy atom. The van der Waals surface area contributed by atoms with Gasteiger partial charge in [0, 0.05) is 43.7 Å². The molecule has 0 atom stereocenters. The molecule has 1 aromatic heterocycles. The number of ether oxygens (including phenoxy) is 1. The molecule has 7 heteroatoms. The van der Waals surface area contributed by atoms with Gasteiger partial charge in [-0.05, 0) is 42.3 Å². The average Bonchev–Trinajstić information content (AvgIpc) is 3.16. The molecule has 0 unspecified atom stereocenters. The first-order valence-electron chi connectivity index (χ1n) is 11.0. The van der Waals surface area contributed by atoms with Crippen LogP contribution in [-0.2, 0) is 4.79 Å². The average molecular weight is 436 g/mol. The van der Waals surface area contributed by atoms with E-state index in [2.05, 4.69) is 10.2 Å². The van der Waals surface area contributed by atoms with Crippen LogP contribution in [0, 0.1) is 5.92 Å². The molecule has 2 aromatic carbocycles. The molecule has 1 aliphatic heterocycles. The second-order valence-electron chi connectivity index (χ2n) is 8.43. The zero-order chi connectivity index (χ0) is 22.7. The summed E-state index contributed by atoms with van der Waals surface area (Å²) < 4.78 is 11.2. The summed E-state index contributed by atoms with van der Waals surface area (Å²) in [6.45, 7) is 6.55. The normalized spacial score (nSPS) is 14.1. The smallest absolute Gasteiger partial charge is 0.291 e. The first-order valence-corrected chi connectivity index (χ1v) is 11.0. The number of carbonyl (C=O) groups is 2. The second-order valence-corrected chi connectivity index (χ2v) is 8.43. The zero-order valence-corrected chi connectivity index (χ0v) is 18.8. The first-order chi connectivity index (χ1) is 15.5. The fraction of sp³-hybridized carbons (Fsp3) is 0.360. The summed E-state index contributed by atoms with van der Waals surface area (Å²) in [7, 11) is 1.65. The zero-order valence-electron chi connectivity index (χ0n) is 18.8. The van der Waals surface area contributed by atoms with Gasteiger partial charge in [0.15, 0.2) is 0 Å². The molecule has 1 fully saturated rings. The lowest BCUT2D eigenvalue weighted by atomic mass is 10.1. The standard InChI is InChI=1S/C25H29N3O4/c1-17(2)16-22(29)26-23-20-6-4-5-7-21(20)32-24(23)25(30)28-14-12-27(13-15-28)18-8-10-19(31-3)11-9-18/h4-11,17H,12-16H2,1-3H3,(H,26,29). The van der Waals surface area contributed by atoms with Gasteiger partial charge in [-0.15, -0.1) is 0 Å². The van der Waals surface area contributed by atoms with Crippen molar-refractivity contribution in [3.8, 4) is 5.75 Å². The maximum Gasteiger partial charge on any atom is 0.291 e. The van der Waals surface area contributed by atoms with E-state index in [1.807, 2.05) is 62.4 Å². The lowest BCUT2D eigenvalue weighted by molar-refractivity contribution is -0.116. The maximum absolute atomic E-state index is 13.4. The Morgan fingerprint density at radius 1 is 1.03 bits per heavy atom. The van der Waals surface area contributed by atoms with E-state index >= 15 is 0 Å². The summed E-state index contributed by atoms with van der Waals surface area (Å²) in [4.78, 5) is 29.9. The van der Waals surface area contributed by atoms with E-state index in [1.165, 1.54) is 0 Å². The highest BCUT2D eigenvalue weighted by Gasteiger charge is 2.29. The van der Waals surface area contributed by atoms with E-state index in [0.29, 0.717) is 43.9 Å². The number of piperazine rings is 1. The number of nitrogens with one attached hydrogen (secondary N) is 1. The minimum atomic E-state index is -0.199. The van der Waals surface area contributed by atoms with Crippen molar-refractivity contribution in [3.05, 3.63) is 54.3 Å². The van der Waals surface area contributed by atoms with Crippen molar-refractivity contribution in [1.29, 1.82) is 0 Å². The Bertz CT molecular complexity index is 1100. The van der Waals surface area contributed by atoms with Crippen LogP contribution in [0.4, 0.5) is 11.4 Å². The molecule has 3 aromatic rings. The Labute approximate surface area is 187 Å². The minimum Gasteiger partial charge on any atom is -0.497 e. The van der Waals surface area contributed by atoms with Crippen LogP contribution in [0.3, 0.4) is 0 Å². The lowest BCUT2D eigenvalue weighted by Gasteiger charge is -2.35. The molecular weight excluding hydrogens is 406 g/mol.